The topological polar surface area (TPSA) is 55.9 Å². The van der Waals surface area contributed by atoms with Crippen molar-refractivity contribution >= 4 is 41.0 Å². The van der Waals surface area contributed by atoms with Crippen molar-refractivity contribution in [3.8, 4) is 0 Å². The number of carbonyl (C=O) groups is 2. The summed E-state index contributed by atoms with van der Waals surface area (Å²) in [6.45, 7) is 4.10. The minimum Gasteiger partial charge on any atom is -0.367 e. The van der Waals surface area contributed by atoms with Crippen LogP contribution < -0.4 is 15.1 Å². The number of halogens is 4. The Morgan fingerprint density at radius 1 is 0.905 bits per heavy atom. The fraction of sp³-hybridized carbons (Fsp3) is 0.290. The number of nitrogens with one attached hydrogen (secondary N) is 1. The second kappa shape index (κ2) is 13.0. The second-order valence-electron chi connectivity index (χ2n) is 10.1. The van der Waals surface area contributed by atoms with Gasteiger partial charge >= 0.3 is 6.18 Å². The number of thioether (sulfide) groups is 1. The molecule has 6 nitrogen and oxygen atoms in total. The summed E-state index contributed by atoms with van der Waals surface area (Å²) < 4.78 is 52.9. The SMILES string of the molecule is O=C(CN1C(=O)C(=Cc2ccc(C(F)(F)F)cc2)Sc2ccccc21)NCCCN1CCN(c2ccccc2F)CC1. The van der Waals surface area contributed by atoms with Crippen molar-refractivity contribution in [3.05, 3.63) is 94.6 Å². The number of amides is 2. The van der Waals surface area contributed by atoms with Crippen LogP contribution in [-0.4, -0.2) is 62.5 Å². The maximum absolute atomic E-state index is 14.1. The number of hydrogen-bond donors (Lipinski definition) is 1. The van der Waals surface area contributed by atoms with E-state index in [0.29, 0.717) is 28.4 Å². The Morgan fingerprint density at radius 2 is 1.57 bits per heavy atom. The predicted octanol–water partition coefficient (Wildman–Crippen LogP) is 5.65. The maximum Gasteiger partial charge on any atom is 0.416 e. The lowest BCUT2D eigenvalue weighted by Crippen LogP contribution is -2.47. The number of carbonyl (C=O) groups excluding carboxylic acids is 2. The molecule has 3 aromatic carbocycles. The van der Waals surface area contributed by atoms with Gasteiger partial charge in [-0.2, -0.15) is 13.2 Å². The number of para-hydroxylation sites is 2. The van der Waals surface area contributed by atoms with Crippen molar-refractivity contribution in [2.45, 2.75) is 17.5 Å². The van der Waals surface area contributed by atoms with E-state index in [4.69, 9.17) is 0 Å². The van der Waals surface area contributed by atoms with Crippen molar-refractivity contribution in [1.29, 1.82) is 0 Å². The molecule has 1 N–H and O–H groups in total. The fourth-order valence-electron chi connectivity index (χ4n) is 4.99. The summed E-state index contributed by atoms with van der Waals surface area (Å²) in [7, 11) is 0. The lowest BCUT2D eigenvalue weighted by atomic mass is 10.1. The smallest absolute Gasteiger partial charge is 0.367 e. The molecule has 2 amide bonds. The first-order valence-corrected chi connectivity index (χ1v) is 14.5. The van der Waals surface area contributed by atoms with E-state index in [-0.39, 0.29) is 24.2 Å². The van der Waals surface area contributed by atoms with Crippen LogP contribution >= 0.6 is 11.8 Å². The molecule has 1 saturated heterocycles. The zero-order chi connectivity index (χ0) is 29.7. The first kappa shape index (κ1) is 29.7. The molecule has 2 heterocycles. The molecule has 1 fully saturated rings. The lowest BCUT2D eigenvalue weighted by molar-refractivity contribution is -0.137. The Hall–Kier alpha value is -3.83. The van der Waals surface area contributed by atoms with Crippen LogP contribution in [0.3, 0.4) is 0 Å². The van der Waals surface area contributed by atoms with E-state index in [1.807, 2.05) is 23.1 Å². The van der Waals surface area contributed by atoms with Gasteiger partial charge in [0.15, 0.2) is 0 Å². The normalized spacial score (nSPS) is 17.0. The highest BCUT2D eigenvalue weighted by Gasteiger charge is 2.32. The molecule has 0 unspecified atom stereocenters. The van der Waals surface area contributed by atoms with Gasteiger partial charge in [-0.05, 0) is 61.0 Å². The lowest BCUT2D eigenvalue weighted by Gasteiger charge is -2.36. The Morgan fingerprint density at radius 3 is 2.26 bits per heavy atom. The standard InChI is InChI=1S/C31H30F4N4O2S/c32-24-6-1-2-7-25(24)38-18-16-37(17-19-38)15-5-14-36-29(40)21-39-26-8-3-4-9-27(26)42-28(30(39)41)20-22-10-12-23(13-11-22)31(33,34)35/h1-4,6-13,20H,5,14-19,21H2,(H,36,40). The first-order chi connectivity index (χ1) is 20.2. The summed E-state index contributed by atoms with van der Waals surface area (Å²) in [6, 6.07) is 18.6. The Labute approximate surface area is 246 Å². The van der Waals surface area contributed by atoms with Gasteiger partial charge in [0, 0.05) is 37.6 Å². The van der Waals surface area contributed by atoms with Crippen molar-refractivity contribution in [3.63, 3.8) is 0 Å². The summed E-state index contributed by atoms with van der Waals surface area (Å²) in [5.74, 6) is -0.908. The molecule has 3 aromatic rings. The molecule has 42 heavy (non-hydrogen) atoms. The minimum absolute atomic E-state index is 0.178. The summed E-state index contributed by atoms with van der Waals surface area (Å²) in [5, 5.41) is 2.90. The molecule has 11 heteroatoms. The summed E-state index contributed by atoms with van der Waals surface area (Å²) in [5.41, 5.74) is 0.923. The van der Waals surface area contributed by atoms with Crippen molar-refractivity contribution < 1.29 is 27.2 Å². The summed E-state index contributed by atoms with van der Waals surface area (Å²) >= 11 is 1.22. The maximum atomic E-state index is 14.1. The van der Waals surface area contributed by atoms with Gasteiger partial charge in [-0.3, -0.25) is 19.4 Å². The number of piperazine rings is 1. The van der Waals surface area contributed by atoms with Crippen LogP contribution in [0.1, 0.15) is 17.5 Å². The second-order valence-corrected chi connectivity index (χ2v) is 11.2. The van der Waals surface area contributed by atoms with Gasteiger partial charge in [0.25, 0.3) is 5.91 Å². The third kappa shape index (κ3) is 7.14. The third-order valence-corrected chi connectivity index (χ3v) is 8.29. The Kier molecular flexibility index (Phi) is 9.18. The zero-order valence-electron chi connectivity index (χ0n) is 22.7. The Bertz CT molecular complexity index is 1450. The molecular formula is C31H30F4N4O2S. The number of benzene rings is 3. The first-order valence-electron chi connectivity index (χ1n) is 13.7. The van der Waals surface area contributed by atoms with Crippen LogP contribution in [0.15, 0.2) is 82.6 Å². The van der Waals surface area contributed by atoms with E-state index >= 15 is 0 Å². The molecule has 0 saturated carbocycles. The van der Waals surface area contributed by atoms with Gasteiger partial charge in [-0.15, -0.1) is 0 Å². The summed E-state index contributed by atoms with van der Waals surface area (Å²) in [4.78, 5) is 33.1. The molecule has 0 atom stereocenters. The average molecular weight is 599 g/mol. The van der Waals surface area contributed by atoms with Gasteiger partial charge in [-0.1, -0.05) is 48.2 Å². The number of alkyl halides is 3. The molecule has 220 valence electrons. The third-order valence-electron chi connectivity index (χ3n) is 7.21. The average Bonchev–Trinajstić information content (AvgIpc) is 2.98. The van der Waals surface area contributed by atoms with Gasteiger partial charge in [0.2, 0.25) is 5.91 Å². The number of fused-ring (bicyclic) bond motifs is 1. The van der Waals surface area contributed by atoms with E-state index in [1.54, 1.807) is 30.3 Å². The largest absolute Gasteiger partial charge is 0.416 e. The van der Waals surface area contributed by atoms with Gasteiger partial charge in [-0.25, -0.2) is 4.39 Å². The van der Waals surface area contributed by atoms with Crippen molar-refractivity contribution in [2.75, 3.05) is 55.6 Å². The van der Waals surface area contributed by atoms with Gasteiger partial charge in [0.05, 0.1) is 21.8 Å². The van der Waals surface area contributed by atoms with Crippen molar-refractivity contribution in [1.82, 2.24) is 10.2 Å². The van der Waals surface area contributed by atoms with Crippen molar-refractivity contribution in [2.24, 2.45) is 0 Å². The molecule has 5 rings (SSSR count). The van der Waals surface area contributed by atoms with Crippen LogP contribution in [-0.2, 0) is 15.8 Å². The quantitative estimate of drug-likeness (QED) is 0.206. The molecule has 2 aliphatic rings. The number of rotatable bonds is 8. The van der Waals surface area contributed by atoms with Gasteiger partial charge in [0.1, 0.15) is 12.4 Å². The molecule has 2 aliphatic heterocycles. The molecule has 0 aliphatic carbocycles. The molecule has 0 aromatic heterocycles. The molecule has 0 spiro atoms. The van der Waals surface area contributed by atoms with Gasteiger partial charge < -0.3 is 10.2 Å². The zero-order valence-corrected chi connectivity index (χ0v) is 23.6. The van der Waals surface area contributed by atoms with E-state index in [9.17, 15) is 27.2 Å². The highest BCUT2D eigenvalue weighted by atomic mass is 32.2. The number of hydrogen-bond acceptors (Lipinski definition) is 5. The Balaban J connectivity index is 1.14. The molecule has 0 bridgehead atoms. The van der Waals surface area contributed by atoms with E-state index in [1.165, 1.54) is 34.9 Å². The van der Waals surface area contributed by atoms with E-state index < -0.39 is 11.7 Å². The van der Waals surface area contributed by atoms with Crippen LogP contribution in [0.2, 0.25) is 0 Å². The van der Waals surface area contributed by atoms with E-state index in [0.717, 1.165) is 56.2 Å². The highest BCUT2D eigenvalue weighted by Crippen LogP contribution is 2.42. The molecule has 0 radical (unpaired) electrons. The fourth-order valence-corrected chi connectivity index (χ4v) is 6.05. The summed E-state index contributed by atoms with van der Waals surface area (Å²) in [6.07, 6.45) is -2.17. The molecular weight excluding hydrogens is 568 g/mol. The monoisotopic (exact) mass is 598 g/mol. The van der Waals surface area contributed by atoms with Crippen LogP contribution in [0.25, 0.3) is 6.08 Å². The van der Waals surface area contributed by atoms with E-state index in [2.05, 4.69) is 10.2 Å². The predicted molar refractivity (Wildman–Crippen MR) is 157 cm³/mol. The minimum atomic E-state index is -4.44. The van der Waals surface area contributed by atoms with Crippen LogP contribution in [0.5, 0.6) is 0 Å². The number of anilines is 2. The van der Waals surface area contributed by atoms with Crippen LogP contribution in [0, 0.1) is 5.82 Å². The van der Waals surface area contributed by atoms with Crippen LogP contribution in [0.4, 0.5) is 28.9 Å². The highest BCUT2D eigenvalue weighted by molar-refractivity contribution is 8.04. The number of nitrogens with zero attached hydrogens (tertiary/aromatic N) is 3.